The maximum absolute atomic E-state index is 12.5. The predicted octanol–water partition coefficient (Wildman–Crippen LogP) is 3.30. The van der Waals surface area contributed by atoms with Gasteiger partial charge in [-0.15, -0.1) is 11.3 Å². The van der Waals surface area contributed by atoms with Crippen molar-refractivity contribution in [2.75, 3.05) is 26.5 Å². The van der Waals surface area contributed by atoms with Crippen LogP contribution in [0.5, 0.6) is 0 Å². The zero-order valence-corrected chi connectivity index (χ0v) is 18.8. The minimum atomic E-state index is -0.695. The third kappa shape index (κ3) is 4.26. The summed E-state index contributed by atoms with van der Waals surface area (Å²) in [5, 5.41) is 13.0. The normalized spacial score (nSPS) is 16.1. The molecule has 2 heterocycles. The van der Waals surface area contributed by atoms with E-state index in [1.165, 1.54) is 32.5 Å². The zero-order valence-electron chi connectivity index (χ0n) is 16.4. The number of imide groups is 1. The van der Waals surface area contributed by atoms with Crippen molar-refractivity contribution in [1.29, 1.82) is 5.41 Å². The molecule has 1 aromatic heterocycles. The Morgan fingerprint density at radius 3 is 2.53 bits per heavy atom. The van der Waals surface area contributed by atoms with Gasteiger partial charge in [0.25, 0.3) is 5.91 Å². The van der Waals surface area contributed by atoms with Gasteiger partial charge in [-0.25, -0.2) is 9.78 Å². The van der Waals surface area contributed by atoms with E-state index >= 15 is 0 Å². The molecule has 3 rings (SSSR count). The third-order valence-corrected chi connectivity index (χ3v) is 5.69. The molecule has 2 aromatic rings. The highest BCUT2D eigenvalue weighted by atomic mass is 79.9. The first kappa shape index (κ1) is 21.7. The maximum atomic E-state index is 12.5. The number of urea groups is 1. The van der Waals surface area contributed by atoms with E-state index in [9.17, 15) is 14.4 Å². The van der Waals surface area contributed by atoms with Crippen LogP contribution in [0.3, 0.4) is 0 Å². The monoisotopic (exact) mass is 491 g/mol. The number of amidine groups is 1. The number of ether oxygens (including phenoxy) is 1. The number of aromatic nitrogens is 1. The van der Waals surface area contributed by atoms with Crippen molar-refractivity contribution in [2.45, 2.75) is 6.42 Å². The van der Waals surface area contributed by atoms with Crippen LogP contribution in [0.25, 0.3) is 11.3 Å². The predicted molar refractivity (Wildman–Crippen MR) is 116 cm³/mol. The first-order valence-electron chi connectivity index (χ1n) is 8.66. The number of anilines is 1. The van der Waals surface area contributed by atoms with Gasteiger partial charge in [-0.05, 0) is 12.1 Å². The van der Waals surface area contributed by atoms with Crippen molar-refractivity contribution >= 4 is 56.1 Å². The molecule has 0 radical (unpaired) electrons. The van der Waals surface area contributed by atoms with Crippen molar-refractivity contribution in [3.63, 3.8) is 0 Å². The largest absolute Gasteiger partial charge is 0.500 e. The molecule has 30 heavy (non-hydrogen) atoms. The van der Waals surface area contributed by atoms with E-state index in [4.69, 9.17) is 10.1 Å². The minimum Gasteiger partial charge on any atom is -0.500 e. The molecule has 0 saturated carbocycles. The second-order valence-electron chi connectivity index (χ2n) is 6.33. The summed E-state index contributed by atoms with van der Waals surface area (Å²) < 4.78 is 6.18. The average molecular weight is 492 g/mol. The second-order valence-corrected chi connectivity index (χ2v) is 8.10. The molecular formula is C19H18BrN5O4S. The smallest absolute Gasteiger partial charge is 0.332 e. The highest BCUT2D eigenvalue weighted by Crippen LogP contribution is 2.27. The van der Waals surface area contributed by atoms with E-state index in [0.717, 1.165) is 25.5 Å². The topological polar surface area (TPSA) is 116 Å². The number of hydrogen-bond acceptors (Lipinski definition) is 7. The van der Waals surface area contributed by atoms with Gasteiger partial charge in [0.05, 0.1) is 19.2 Å². The van der Waals surface area contributed by atoms with Gasteiger partial charge in [-0.3, -0.25) is 24.8 Å². The molecule has 0 bridgehead atoms. The number of rotatable bonds is 5. The lowest BCUT2D eigenvalue weighted by Gasteiger charge is -2.31. The fourth-order valence-electron chi connectivity index (χ4n) is 2.75. The number of halogens is 1. The van der Waals surface area contributed by atoms with E-state index in [1.807, 2.05) is 29.6 Å². The van der Waals surface area contributed by atoms with Crippen molar-refractivity contribution in [2.24, 2.45) is 0 Å². The molecule has 1 fully saturated rings. The number of likely N-dealkylation sites (N-methyl/N-ethyl adjacent to an activating group) is 2. The Morgan fingerprint density at radius 1 is 1.23 bits per heavy atom. The van der Waals surface area contributed by atoms with E-state index in [2.05, 4.69) is 26.2 Å². The number of thiazole rings is 1. The van der Waals surface area contributed by atoms with Gasteiger partial charge in [0, 0.05) is 29.5 Å². The Morgan fingerprint density at radius 2 is 1.90 bits per heavy atom. The van der Waals surface area contributed by atoms with Crippen LogP contribution in [-0.4, -0.2) is 59.7 Å². The molecule has 11 heteroatoms. The lowest BCUT2D eigenvalue weighted by molar-refractivity contribution is -0.123. The van der Waals surface area contributed by atoms with Crippen LogP contribution in [0, 0.1) is 5.41 Å². The molecular weight excluding hydrogens is 474 g/mol. The Balaban J connectivity index is 1.77. The van der Waals surface area contributed by atoms with E-state index in [0.29, 0.717) is 5.13 Å². The van der Waals surface area contributed by atoms with Gasteiger partial charge in [0.15, 0.2) is 5.13 Å². The lowest BCUT2D eigenvalue weighted by Crippen LogP contribution is -2.53. The van der Waals surface area contributed by atoms with Gasteiger partial charge >= 0.3 is 6.03 Å². The summed E-state index contributed by atoms with van der Waals surface area (Å²) in [6, 6.07) is 6.99. The van der Waals surface area contributed by atoms with Gasteiger partial charge in [-0.2, -0.15) is 0 Å². The van der Waals surface area contributed by atoms with Crippen LogP contribution in [0.2, 0.25) is 0 Å². The number of hydrogen-bond donors (Lipinski definition) is 2. The minimum absolute atomic E-state index is 0.00149. The number of benzene rings is 1. The van der Waals surface area contributed by atoms with Crippen LogP contribution in [0.15, 0.2) is 45.5 Å². The van der Waals surface area contributed by atoms with E-state index in [1.54, 1.807) is 0 Å². The summed E-state index contributed by atoms with van der Waals surface area (Å²) in [5.41, 5.74) is 1.50. The second kappa shape index (κ2) is 8.76. The maximum Gasteiger partial charge on any atom is 0.332 e. The fraction of sp³-hybridized carbons (Fsp3) is 0.211. The van der Waals surface area contributed by atoms with E-state index < -0.39 is 17.8 Å². The Labute approximate surface area is 185 Å². The van der Waals surface area contributed by atoms with E-state index in [-0.39, 0.29) is 23.6 Å². The summed E-state index contributed by atoms with van der Waals surface area (Å²) in [7, 11) is 3.99. The fourth-order valence-corrected chi connectivity index (χ4v) is 3.75. The van der Waals surface area contributed by atoms with Gasteiger partial charge in [0.2, 0.25) is 5.91 Å². The Bertz CT molecular complexity index is 1040. The lowest BCUT2D eigenvalue weighted by atomic mass is 10.1. The van der Waals surface area contributed by atoms with Crippen LogP contribution >= 0.6 is 27.3 Å². The molecule has 0 unspecified atom stereocenters. The molecule has 0 atom stereocenters. The zero-order chi connectivity index (χ0) is 22.0. The number of carbonyl (C=O) groups is 3. The summed E-state index contributed by atoms with van der Waals surface area (Å²) in [5.74, 6) is -1.48. The molecule has 4 amide bonds. The number of carbonyl (C=O) groups excluding carboxylic acids is 3. The summed E-state index contributed by atoms with van der Waals surface area (Å²) in [4.78, 5) is 43.2. The first-order valence-corrected chi connectivity index (χ1v) is 10.3. The molecule has 1 aromatic carbocycles. The standard InChI is InChI=1S/C19H18BrN5O4S/c1-24-16(21)15(17(27)25(2)19(24)28)13(29-3)8-14(26)23-18-22-12(9-30-18)10-4-6-11(20)7-5-10/h4-7,9,21H,8H2,1-3H3,(H,22,23,26)/b15-13+,21-16?. The number of nitrogens with one attached hydrogen (secondary N) is 2. The number of nitrogens with zero attached hydrogens (tertiary/aromatic N) is 3. The Hall–Kier alpha value is -3.05. The highest BCUT2D eigenvalue weighted by Gasteiger charge is 2.38. The quantitative estimate of drug-likeness (QED) is 0.491. The van der Waals surface area contributed by atoms with Crippen LogP contribution in [-0.2, 0) is 14.3 Å². The first-order chi connectivity index (χ1) is 14.2. The third-order valence-electron chi connectivity index (χ3n) is 4.40. The van der Waals surface area contributed by atoms with Crippen LogP contribution < -0.4 is 5.32 Å². The van der Waals surface area contributed by atoms with Gasteiger partial charge in [-0.1, -0.05) is 28.1 Å². The molecule has 1 aliphatic rings. The summed E-state index contributed by atoms with van der Waals surface area (Å²) >= 11 is 4.65. The SMILES string of the molecule is CO/C(CC(=O)Nc1nc(-c2ccc(Br)cc2)cs1)=C1\C(=N)N(C)C(=O)N(C)C1=O. The average Bonchev–Trinajstić information content (AvgIpc) is 3.18. The molecule has 9 nitrogen and oxygen atoms in total. The number of methoxy groups -OCH3 is 1. The number of amides is 4. The molecule has 2 N–H and O–H groups in total. The molecule has 0 spiro atoms. The van der Waals surface area contributed by atoms with Crippen molar-refractivity contribution in [1.82, 2.24) is 14.8 Å². The van der Waals surface area contributed by atoms with Gasteiger partial charge in [0.1, 0.15) is 17.2 Å². The van der Waals surface area contributed by atoms with Crippen molar-refractivity contribution in [3.05, 3.63) is 45.5 Å². The van der Waals surface area contributed by atoms with Crippen molar-refractivity contribution in [3.8, 4) is 11.3 Å². The Kier molecular flexibility index (Phi) is 6.32. The molecule has 1 aliphatic heterocycles. The summed E-state index contributed by atoms with van der Waals surface area (Å²) in [6.45, 7) is 0. The summed E-state index contributed by atoms with van der Waals surface area (Å²) in [6.07, 6.45) is -0.289. The molecule has 156 valence electrons. The van der Waals surface area contributed by atoms with Crippen molar-refractivity contribution < 1.29 is 19.1 Å². The molecule has 0 aliphatic carbocycles. The molecule has 1 saturated heterocycles. The highest BCUT2D eigenvalue weighted by molar-refractivity contribution is 9.10. The van der Waals surface area contributed by atoms with Crippen LogP contribution in [0.4, 0.5) is 9.93 Å². The van der Waals surface area contributed by atoms with Crippen LogP contribution in [0.1, 0.15) is 6.42 Å². The van der Waals surface area contributed by atoms with Gasteiger partial charge < -0.3 is 10.1 Å².